The zero-order valence-electron chi connectivity index (χ0n) is 15.3. The van der Waals surface area contributed by atoms with E-state index in [1.165, 1.54) is 16.9 Å². The fraction of sp³-hybridized carbons (Fsp3) is 0.529. The number of aryl methyl sites for hydroxylation is 2. The van der Waals surface area contributed by atoms with Gasteiger partial charge in [0.15, 0.2) is 5.13 Å². The van der Waals surface area contributed by atoms with Crippen molar-refractivity contribution in [3.05, 3.63) is 28.0 Å². The molecule has 136 valence electrons. The zero-order chi connectivity index (χ0) is 18.6. The van der Waals surface area contributed by atoms with Crippen molar-refractivity contribution >= 4 is 28.3 Å². The first-order chi connectivity index (χ1) is 11.8. The molecular formula is C17H25N5O2S. The van der Waals surface area contributed by atoms with Crippen LogP contribution in [-0.2, 0) is 29.5 Å². The van der Waals surface area contributed by atoms with Crippen LogP contribution in [0, 0.1) is 19.8 Å². The number of rotatable bonds is 7. The number of hydrogen-bond donors (Lipinski definition) is 2. The molecule has 2 heterocycles. The number of nitrogens with zero attached hydrogens (tertiary/aromatic N) is 3. The lowest BCUT2D eigenvalue weighted by Gasteiger charge is -2.05. The lowest BCUT2D eigenvalue weighted by molar-refractivity contribution is -0.120. The maximum absolute atomic E-state index is 12.1. The molecule has 2 N–H and O–H groups in total. The number of thiazole rings is 1. The Morgan fingerprint density at radius 2 is 2.04 bits per heavy atom. The van der Waals surface area contributed by atoms with Gasteiger partial charge in [0.25, 0.3) is 0 Å². The van der Waals surface area contributed by atoms with E-state index in [1.807, 2.05) is 39.4 Å². The minimum atomic E-state index is -0.102. The highest BCUT2D eigenvalue weighted by Crippen LogP contribution is 2.17. The number of aromatic nitrogens is 3. The van der Waals surface area contributed by atoms with Gasteiger partial charge in [-0.05, 0) is 25.8 Å². The summed E-state index contributed by atoms with van der Waals surface area (Å²) < 4.78 is 1.86. The summed E-state index contributed by atoms with van der Waals surface area (Å²) in [6, 6.07) is 0. The second-order valence-electron chi connectivity index (χ2n) is 6.34. The summed E-state index contributed by atoms with van der Waals surface area (Å²) in [5, 5.41) is 12.4. The minimum absolute atomic E-state index is 0.0763. The van der Waals surface area contributed by atoms with Crippen LogP contribution in [0.25, 0.3) is 0 Å². The quantitative estimate of drug-likeness (QED) is 0.787. The molecule has 0 spiro atoms. The third-order valence-electron chi connectivity index (χ3n) is 4.00. The summed E-state index contributed by atoms with van der Waals surface area (Å²) in [6.45, 7) is 8.21. The molecule has 0 saturated carbocycles. The van der Waals surface area contributed by atoms with Gasteiger partial charge in [-0.25, -0.2) is 4.98 Å². The molecule has 0 fully saturated rings. The van der Waals surface area contributed by atoms with Crippen molar-refractivity contribution in [1.29, 1.82) is 0 Å². The first-order valence-electron chi connectivity index (χ1n) is 8.29. The Morgan fingerprint density at radius 1 is 1.32 bits per heavy atom. The molecule has 2 aromatic heterocycles. The van der Waals surface area contributed by atoms with E-state index in [0.717, 1.165) is 17.8 Å². The van der Waals surface area contributed by atoms with Crippen LogP contribution in [-0.4, -0.2) is 33.1 Å². The maximum Gasteiger partial charge on any atom is 0.228 e. The monoisotopic (exact) mass is 363 g/mol. The molecule has 0 saturated heterocycles. The highest BCUT2D eigenvalue weighted by Gasteiger charge is 2.13. The SMILES string of the molecule is Cc1nn(C)c(C)c1CCNC(=O)Cc1csc(NC(=O)C(C)C)n1. The molecule has 8 heteroatoms. The van der Waals surface area contributed by atoms with Crippen LogP contribution >= 0.6 is 11.3 Å². The Kier molecular flexibility index (Phi) is 6.30. The van der Waals surface area contributed by atoms with E-state index < -0.39 is 0 Å². The van der Waals surface area contributed by atoms with E-state index in [-0.39, 0.29) is 24.2 Å². The fourth-order valence-corrected chi connectivity index (χ4v) is 3.14. The van der Waals surface area contributed by atoms with Gasteiger partial charge in [0.2, 0.25) is 11.8 Å². The molecule has 0 radical (unpaired) electrons. The fourth-order valence-electron chi connectivity index (χ4n) is 2.43. The lowest BCUT2D eigenvalue weighted by atomic mass is 10.1. The summed E-state index contributed by atoms with van der Waals surface area (Å²) >= 11 is 1.33. The van der Waals surface area contributed by atoms with Crippen molar-refractivity contribution in [2.45, 2.75) is 40.5 Å². The number of carbonyl (C=O) groups is 2. The van der Waals surface area contributed by atoms with Gasteiger partial charge in [-0.15, -0.1) is 11.3 Å². The van der Waals surface area contributed by atoms with Crippen LogP contribution in [0.5, 0.6) is 0 Å². The van der Waals surface area contributed by atoms with Crippen LogP contribution in [0.15, 0.2) is 5.38 Å². The molecular weight excluding hydrogens is 338 g/mol. The normalized spacial score (nSPS) is 11.0. The summed E-state index contributed by atoms with van der Waals surface area (Å²) in [4.78, 5) is 28.0. The summed E-state index contributed by atoms with van der Waals surface area (Å²) in [5.74, 6) is -0.256. The predicted octanol–water partition coefficient (Wildman–Crippen LogP) is 1.99. The third-order valence-corrected chi connectivity index (χ3v) is 4.81. The highest BCUT2D eigenvalue weighted by molar-refractivity contribution is 7.13. The van der Waals surface area contributed by atoms with Gasteiger partial charge in [0, 0.05) is 30.6 Å². The second kappa shape index (κ2) is 8.24. The van der Waals surface area contributed by atoms with E-state index in [2.05, 4.69) is 20.7 Å². The standard InChI is InChI=1S/C17H25N5O2S/c1-10(2)16(24)20-17-19-13(9-25-17)8-15(23)18-7-6-14-11(3)21-22(5)12(14)4/h9-10H,6-8H2,1-5H3,(H,18,23)(H,19,20,24). The molecule has 7 nitrogen and oxygen atoms in total. The molecule has 2 amide bonds. The molecule has 0 unspecified atom stereocenters. The molecule has 2 aromatic rings. The van der Waals surface area contributed by atoms with E-state index in [4.69, 9.17) is 0 Å². The minimum Gasteiger partial charge on any atom is -0.355 e. The van der Waals surface area contributed by atoms with Crippen molar-refractivity contribution in [1.82, 2.24) is 20.1 Å². The highest BCUT2D eigenvalue weighted by atomic mass is 32.1. The van der Waals surface area contributed by atoms with Gasteiger partial charge >= 0.3 is 0 Å². The average molecular weight is 363 g/mol. The topological polar surface area (TPSA) is 88.9 Å². The number of nitrogens with one attached hydrogen (secondary N) is 2. The molecule has 0 bridgehead atoms. The molecule has 0 aliphatic heterocycles. The summed E-state index contributed by atoms with van der Waals surface area (Å²) in [6.07, 6.45) is 0.961. The molecule has 0 atom stereocenters. The summed E-state index contributed by atoms with van der Waals surface area (Å²) in [7, 11) is 1.92. The van der Waals surface area contributed by atoms with Gasteiger partial charge in [0.1, 0.15) is 0 Å². The van der Waals surface area contributed by atoms with Crippen LogP contribution in [0.2, 0.25) is 0 Å². The first kappa shape index (κ1) is 19.1. The van der Waals surface area contributed by atoms with Gasteiger partial charge < -0.3 is 10.6 Å². The predicted molar refractivity (Wildman–Crippen MR) is 98.7 cm³/mol. The Morgan fingerprint density at radius 3 is 2.64 bits per heavy atom. The number of anilines is 1. The Balaban J connectivity index is 1.81. The molecule has 2 rings (SSSR count). The molecule has 25 heavy (non-hydrogen) atoms. The van der Waals surface area contributed by atoms with Crippen LogP contribution < -0.4 is 10.6 Å². The van der Waals surface area contributed by atoms with E-state index in [0.29, 0.717) is 17.4 Å². The Labute approximate surface area is 151 Å². The van der Waals surface area contributed by atoms with E-state index in [1.54, 1.807) is 5.38 Å². The van der Waals surface area contributed by atoms with Gasteiger partial charge in [0.05, 0.1) is 17.8 Å². The number of hydrogen-bond acceptors (Lipinski definition) is 5. The number of amides is 2. The van der Waals surface area contributed by atoms with Crippen LogP contribution in [0.4, 0.5) is 5.13 Å². The number of carbonyl (C=O) groups excluding carboxylic acids is 2. The lowest BCUT2D eigenvalue weighted by Crippen LogP contribution is -2.27. The van der Waals surface area contributed by atoms with Crippen molar-refractivity contribution in [2.75, 3.05) is 11.9 Å². The van der Waals surface area contributed by atoms with E-state index >= 15 is 0 Å². The van der Waals surface area contributed by atoms with Gasteiger partial charge in [-0.1, -0.05) is 13.8 Å². The third kappa shape index (κ3) is 5.12. The first-order valence-corrected chi connectivity index (χ1v) is 9.17. The molecule has 0 aromatic carbocycles. The van der Waals surface area contributed by atoms with Crippen molar-refractivity contribution in [3.63, 3.8) is 0 Å². The van der Waals surface area contributed by atoms with Crippen LogP contribution in [0.3, 0.4) is 0 Å². The smallest absolute Gasteiger partial charge is 0.228 e. The average Bonchev–Trinajstić information content (AvgIpc) is 3.06. The van der Waals surface area contributed by atoms with Crippen molar-refractivity contribution < 1.29 is 9.59 Å². The maximum atomic E-state index is 12.1. The van der Waals surface area contributed by atoms with Gasteiger partial charge in [-0.2, -0.15) is 5.10 Å². The largest absolute Gasteiger partial charge is 0.355 e. The van der Waals surface area contributed by atoms with Gasteiger partial charge in [-0.3, -0.25) is 14.3 Å². The summed E-state index contributed by atoms with van der Waals surface area (Å²) in [5.41, 5.74) is 3.96. The van der Waals surface area contributed by atoms with Crippen molar-refractivity contribution in [2.24, 2.45) is 13.0 Å². The van der Waals surface area contributed by atoms with Crippen LogP contribution in [0.1, 0.15) is 36.5 Å². The van der Waals surface area contributed by atoms with E-state index in [9.17, 15) is 9.59 Å². The zero-order valence-corrected chi connectivity index (χ0v) is 16.2. The molecule has 0 aliphatic carbocycles. The van der Waals surface area contributed by atoms with Crippen molar-refractivity contribution in [3.8, 4) is 0 Å². The second-order valence-corrected chi connectivity index (χ2v) is 7.20. The Hall–Kier alpha value is -2.22. The Bertz CT molecular complexity index is 763. The molecule has 0 aliphatic rings.